The summed E-state index contributed by atoms with van der Waals surface area (Å²) in [5.41, 5.74) is 9.33. The quantitative estimate of drug-likeness (QED) is 0.754. The molecule has 98 valence electrons. The molecule has 2 heterocycles. The van der Waals surface area contributed by atoms with Gasteiger partial charge in [0.2, 0.25) is 0 Å². The van der Waals surface area contributed by atoms with Gasteiger partial charge < -0.3 is 15.1 Å². The third-order valence-electron chi connectivity index (χ3n) is 2.89. The molecule has 0 saturated carbocycles. The molecule has 0 saturated heterocycles. The van der Waals surface area contributed by atoms with E-state index < -0.39 is 0 Å². The fourth-order valence-corrected chi connectivity index (χ4v) is 2.05. The molecule has 0 bridgehead atoms. The number of nitrogens with two attached hydrogens (primary N) is 1. The van der Waals surface area contributed by atoms with Crippen molar-refractivity contribution in [1.82, 2.24) is 15.0 Å². The standard InChI is InChI=1S/C14H16N4O/c1-14(2,15)6-13-16-7-11(18-13)9-3-4-10-12(5-9)19-8-17-10/h3-5,7-8H,6,15H2,1-2H3,(H,16,18). The highest BCUT2D eigenvalue weighted by atomic mass is 16.3. The maximum Gasteiger partial charge on any atom is 0.181 e. The van der Waals surface area contributed by atoms with Crippen LogP contribution in [0.25, 0.3) is 22.4 Å². The fraction of sp³-hybridized carbons (Fsp3) is 0.286. The molecular formula is C14H16N4O. The fourth-order valence-electron chi connectivity index (χ4n) is 2.05. The van der Waals surface area contributed by atoms with Gasteiger partial charge >= 0.3 is 0 Å². The Morgan fingerprint density at radius 2 is 2.16 bits per heavy atom. The second kappa shape index (κ2) is 4.20. The van der Waals surface area contributed by atoms with Crippen molar-refractivity contribution in [3.63, 3.8) is 0 Å². The highest BCUT2D eigenvalue weighted by Crippen LogP contribution is 2.23. The molecule has 0 aliphatic carbocycles. The number of nitrogens with one attached hydrogen (secondary N) is 1. The summed E-state index contributed by atoms with van der Waals surface area (Å²) in [7, 11) is 0. The zero-order valence-corrected chi connectivity index (χ0v) is 11.0. The van der Waals surface area contributed by atoms with Crippen molar-refractivity contribution in [3.8, 4) is 11.3 Å². The van der Waals surface area contributed by atoms with Crippen molar-refractivity contribution in [2.75, 3.05) is 0 Å². The molecule has 3 N–H and O–H groups in total. The van der Waals surface area contributed by atoms with E-state index in [4.69, 9.17) is 10.2 Å². The highest BCUT2D eigenvalue weighted by Gasteiger charge is 2.14. The van der Waals surface area contributed by atoms with Crippen LogP contribution in [-0.2, 0) is 6.42 Å². The number of rotatable bonds is 3. The molecule has 5 nitrogen and oxygen atoms in total. The van der Waals surface area contributed by atoms with Gasteiger partial charge in [0.1, 0.15) is 11.3 Å². The van der Waals surface area contributed by atoms with E-state index in [1.54, 1.807) is 0 Å². The molecule has 0 amide bonds. The van der Waals surface area contributed by atoms with Gasteiger partial charge in [-0.3, -0.25) is 0 Å². The maximum atomic E-state index is 5.99. The van der Waals surface area contributed by atoms with Crippen LogP contribution in [-0.4, -0.2) is 20.5 Å². The van der Waals surface area contributed by atoms with E-state index >= 15 is 0 Å². The summed E-state index contributed by atoms with van der Waals surface area (Å²) in [6.07, 6.45) is 3.97. The Balaban J connectivity index is 1.93. The van der Waals surface area contributed by atoms with E-state index in [2.05, 4.69) is 15.0 Å². The molecule has 0 spiro atoms. The van der Waals surface area contributed by atoms with Crippen LogP contribution in [0, 0.1) is 0 Å². The molecule has 0 fully saturated rings. The van der Waals surface area contributed by atoms with Gasteiger partial charge in [0.25, 0.3) is 0 Å². The molecular weight excluding hydrogens is 240 g/mol. The van der Waals surface area contributed by atoms with Gasteiger partial charge in [-0.15, -0.1) is 0 Å². The summed E-state index contributed by atoms with van der Waals surface area (Å²) in [4.78, 5) is 11.8. The van der Waals surface area contributed by atoms with Crippen molar-refractivity contribution in [1.29, 1.82) is 0 Å². The van der Waals surface area contributed by atoms with Gasteiger partial charge in [-0.2, -0.15) is 0 Å². The summed E-state index contributed by atoms with van der Waals surface area (Å²) in [5, 5.41) is 0. The molecule has 0 atom stereocenters. The summed E-state index contributed by atoms with van der Waals surface area (Å²) in [6.45, 7) is 3.96. The Morgan fingerprint density at radius 3 is 2.95 bits per heavy atom. The summed E-state index contributed by atoms with van der Waals surface area (Å²) < 4.78 is 5.30. The zero-order valence-electron chi connectivity index (χ0n) is 11.0. The van der Waals surface area contributed by atoms with E-state index in [9.17, 15) is 0 Å². The smallest absolute Gasteiger partial charge is 0.181 e. The molecule has 3 aromatic rings. The third kappa shape index (κ3) is 2.51. The number of benzene rings is 1. The Bertz CT molecular complexity index is 705. The predicted molar refractivity (Wildman–Crippen MR) is 73.6 cm³/mol. The molecule has 3 rings (SSSR count). The molecule has 0 aliphatic heterocycles. The second-order valence-corrected chi connectivity index (χ2v) is 5.44. The van der Waals surface area contributed by atoms with E-state index in [0.29, 0.717) is 6.42 Å². The molecule has 1 aromatic carbocycles. The zero-order chi connectivity index (χ0) is 13.5. The van der Waals surface area contributed by atoms with Crippen molar-refractivity contribution >= 4 is 11.1 Å². The first kappa shape index (κ1) is 11.9. The van der Waals surface area contributed by atoms with Crippen LogP contribution in [0.3, 0.4) is 0 Å². The third-order valence-corrected chi connectivity index (χ3v) is 2.89. The predicted octanol–water partition coefficient (Wildman–Crippen LogP) is 2.50. The first-order valence-electron chi connectivity index (χ1n) is 6.18. The average Bonchev–Trinajstić information content (AvgIpc) is 2.93. The van der Waals surface area contributed by atoms with Crippen LogP contribution in [0.1, 0.15) is 19.7 Å². The largest absolute Gasteiger partial charge is 0.443 e. The van der Waals surface area contributed by atoms with E-state index in [-0.39, 0.29) is 5.54 Å². The maximum absolute atomic E-state index is 5.99. The van der Waals surface area contributed by atoms with Crippen molar-refractivity contribution in [2.24, 2.45) is 5.73 Å². The number of nitrogens with zero attached hydrogens (tertiary/aromatic N) is 2. The number of oxazole rings is 1. The average molecular weight is 256 g/mol. The number of aromatic amines is 1. The summed E-state index contributed by atoms with van der Waals surface area (Å²) >= 11 is 0. The molecule has 2 aromatic heterocycles. The van der Waals surface area contributed by atoms with Crippen molar-refractivity contribution < 1.29 is 4.42 Å². The van der Waals surface area contributed by atoms with Gasteiger partial charge in [-0.05, 0) is 26.0 Å². The topological polar surface area (TPSA) is 80.7 Å². The monoisotopic (exact) mass is 256 g/mol. The van der Waals surface area contributed by atoms with Crippen LogP contribution in [0.5, 0.6) is 0 Å². The van der Waals surface area contributed by atoms with Crippen molar-refractivity contribution in [3.05, 3.63) is 36.6 Å². The van der Waals surface area contributed by atoms with E-state index in [1.807, 2.05) is 38.2 Å². The minimum Gasteiger partial charge on any atom is -0.443 e. The minimum absolute atomic E-state index is 0.274. The Labute approximate surface area is 110 Å². The van der Waals surface area contributed by atoms with Gasteiger partial charge in [-0.25, -0.2) is 9.97 Å². The number of fused-ring (bicyclic) bond motifs is 1. The summed E-state index contributed by atoms with van der Waals surface area (Å²) in [5.74, 6) is 0.889. The highest BCUT2D eigenvalue weighted by molar-refractivity contribution is 5.78. The molecule has 0 unspecified atom stereocenters. The van der Waals surface area contributed by atoms with E-state index in [1.165, 1.54) is 6.39 Å². The Kier molecular flexibility index (Phi) is 2.64. The number of imidazole rings is 1. The molecule has 5 heteroatoms. The van der Waals surface area contributed by atoms with Gasteiger partial charge in [-0.1, -0.05) is 6.07 Å². The lowest BCUT2D eigenvalue weighted by molar-refractivity contribution is 0.505. The van der Waals surface area contributed by atoms with Crippen LogP contribution >= 0.6 is 0 Å². The van der Waals surface area contributed by atoms with Gasteiger partial charge in [0.15, 0.2) is 12.0 Å². The number of hydrogen-bond acceptors (Lipinski definition) is 4. The second-order valence-electron chi connectivity index (χ2n) is 5.44. The minimum atomic E-state index is -0.274. The lowest BCUT2D eigenvalue weighted by Crippen LogP contribution is -2.34. The van der Waals surface area contributed by atoms with E-state index in [0.717, 1.165) is 28.2 Å². The SMILES string of the molecule is CC(C)(N)Cc1ncc(-c2ccc3ncoc3c2)[nH]1. The first-order chi connectivity index (χ1) is 9.01. The number of H-pyrrole nitrogens is 1. The first-order valence-corrected chi connectivity index (χ1v) is 6.18. The Hall–Kier alpha value is -2.14. The van der Waals surface area contributed by atoms with Crippen LogP contribution in [0.2, 0.25) is 0 Å². The lowest BCUT2D eigenvalue weighted by atomic mass is 10.0. The lowest BCUT2D eigenvalue weighted by Gasteiger charge is -2.15. The van der Waals surface area contributed by atoms with Gasteiger partial charge in [0.05, 0.1) is 11.9 Å². The number of aromatic nitrogens is 3. The van der Waals surface area contributed by atoms with Crippen LogP contribution in [0.4, 0.5) is 0 Å². The Morgan fingerprint density at radius 1 is 1.32 bits per heavy atom. The number of hydrogen-bond donors (Lipinski definition) is 2. The molecule has 19 heavy (non-hydrogen) atoms. The molecule has 0 aliphatic rings. The van der Waals surface area contributed by atoms with Crippen LogP contribution < -0.4 is 5.73 Å². The summed E-state index contributed by atoms with van der Waals surface area (Å²) in [6, 6.07) is 5.88. The van der Waals surface area contributed by atoms with Crippen molar-refractivity contribution in [2.45, 2.75) is 25.8 Å². The van der Waals surface area contributed by atoms with Gasteiger partial charge in [0, 0.05) is 17.5 Å². The molecule has 0 radical (unpaired) electrons. The van der Waals surface area contributed by atoms with Crippen LogP contribution in [0.15, 0.2) is 35.2 Å². The normalized spacial score (nSPS) is 12.2.